The van der Waals surface area contributed by atoms with Crippen molar-refractivity contribution in [2.24, 2.45) is 0 Å². The van der Waals surface area contributed by atoms with Crippen LogP contribution in [0.1, 0.15) is 27.0 Å². The van der Waals surface area contributed by atoms with Crippen molar-refractivity contribution in [3.05, 3.63) is 129 Å². The van der Waals surface area contributed by atoms with E-state index >= 15 is 4.39 Å². The van der Waals surface area contributed by atoms with Crippen molar-refractivity contribution in [3.63, 3.8) is 0 Å². The van der Waals surface area contributed by atoms with Crippen molar-refractivity contribution in [2.75, 3.05) is 0 Å². The van der Waals surface area contributed by atoms with E-state index < -0.39 is 44.4 Å². The van der Waals surface area contributed by atoms with Crippen LogP contribution in [-0.2, 0) is 23.1 Å². The number of rotatable bonds is 5. The molecule has 1 aliphatic heterocycles. The maximum Gasteiger partial charge on any atom is 0.341 e. The summed E-state index contributed by atoms with van der Waals surface area (Å²) < 4.78 is 72.8. The highest BCUT2D eigenvalue weighted by molar-refractivity contribution is 7.89. The third kappa shape index (κ3) is 4.56. The van der Waals surface area contributed by atoms with Crippen LogP contribution in [0.25, 0.3) is 27.7 Å². The normalized spacial score (nSPS) is 13.4. The number of benzene rings is 4. The van der Waals surface area contributed by atoms with Gasteiger partial charge in [-0.2, -0.15) is 4.31 Å². The van der Waals surface area contributed by atoms with Gasteiger partial charge in [0.2, 0.25) is 15.5 Å². The van der Waals surface area contributed by atoms with Gasteiger partial charge in [0.15, 0.2) is 0 Å². The predicted molar refractivity (Wildman–Crippen MR) is 149 cm³/mol. The summed E-state index contributed by atoms with van der Waals surface area (Å²) in [5.74, 6) is -4.31. The average Bonchev–Trinajstić information content (AvgIpc) is 3.38. The Bertz CT molecular complexity index is 2110. The third-order valence-electron chi connectivity index (χ3n) is 7.36. The molecule has 7 nitrogen and oxygen atoms in total. The zero-order valence-electron chi connectivity index (χ0n) is 21.9. The molecule has 4 aromatic carbocycles. The fraction of sp³-hybridized carbons (Fsp3) is 0.0968. The van der Waals surface area contributed by atoms with Gasteiger partial charge in [0.25, 0.3) is 0 Å². The number of pyridine rings is 1. The van der Waals surface area contributed by atoms with Crippen LogP contribution in [0.2, 0.25) is 0 Å². The SMILES string of the molecule is Cc1ccc(S(=O)(=O)N2Cc3ccc(-c4cc5c(cc4F)c(=O)c(C(=O)O)cn5-c4ccc(F)cc4F)cc3C2)cc1. The summed E-state index contributed by atoms with van der Waals surface area (Å²) in [5, 5.41) is 9.25. The molecule has 0 saturated heterocycles. The van der Waals surface area contributed by atoms with Crippen LogP contribution in [0.4, 0.5) is 13.2 Å². The molecule has 0 fully saturated rings. The van der Waals surface area contributed by atoms with Crippen LogP contribution in [0.15, 0.2) is 88.7 Å². The minimum Gasteiger partial charge on any atom is -0.477 e. The zero-order valence-corrected chi connectivity index (χ0v) is 22.8. The first-order valence-electron chi connectivity index (χ1n) is 12.7. The number of aromatic nitrogens is 1. The van der Waals surface area contributed by atoms with E-state index in [1.165, 1.54) is 10.4 Å². The van der Waals surface area contributed by atoms with Gasteiger partial charge in [0, 0.05) is 36.3 Å². The Morgan fingerprint density at radius 2 is 1.57 bits per heavy atom. The summed E-state index contributed by atoms with van der Waals surface area (Å²) in [4.78, 5) is 24.9. The van der Waals surface area contributed by atoms with Gasteiger partial charge in [-0.1, -0.05) is 29.8 Å². The number of carboxylic acids is 1. The monoisotopic (exact) mass is 590 g/mol. The minimum absolute atomic E-state index is 0.00372. The van der Waals surface area contributed by atoms with Crippen LogP contribution >= 0.6 is 0 Å². The maximum atomic E-state index is 15.5. The van der Waals surface area contributed by atoms with Crippen molar-refractivity contribution in [1.82, 2.24) is 8.87 Å². The molecule has 0 atom stereocenters. The van der Waals surface area contributed by atoms with Gasteiger partial charge in [-0.3, -0.25) is 4.79 Å². The number of carbonyl (C=O) groups is 1. The molecule has 0 radical (unpaired) electrons. The van der Waals surface area contributed by atoms with Crippen LogP contribution in [0.5, 0.6) is 0 Å². The van der Waals surface area contributed by atoms with Crippen molar-refractivity contribution in [3.8, 4) is 16.8 Å². The lowest BCUT2D eigenvalue weighted by Crippen LogP contribution is -2.25. The standard InChI is InChI=1S/C31H21F3N2O5S/c1-17-2-7-22(8-3-17)42(40,41)35-14-19-5-4-18(10-20(19)15-35)23-13-29-24(12-26(23)33)30(37)25(31(38)39)16-36(29)28-9-6-21(32)11-27(28)34/h2-13,16H,14-15H2,1H3,(H,38,39). The summed E-state index contributed by atoms with van der Waals surface area (Å²) in [7, 11) is -3.79. The molecule has 0 spiro atoms. The lowest BCUT2D eigenvalue weighted by atomic mass is 9.98. The highest BCUT2D eigenvalue weighted by atomic mass is 32.2. The van der Waals surface area contributed by atoms with Gasteiger partial charge in [0.05, 0.1) is 16.1 Å². The van der Waals surface area contributed by atoms with Crippen LogP contribution in [-0.4, -0.2) is 28.4 Å². The molecule has 0 unspecified atom stereocenters. The topological polar surface area (TPSA) is 96.7 Å². The average molecular weight is 591 g/mol. The van der Waals surface area contributed by atoms with E-state index in [0.717, 1.165) is 40.1 Å². The molecular formula is C31H21F3N2O5S. The number of carboxylic acid groups (broad SMARTS) is 1. The van der Waals surface area contributed by atoms with E-state index in [0.29, 0.717) is 17.2 Å². The number of hydrogen-bond donors (Lipinski definition) is 1. The Labute approximate surface area is 237 Å². The van der Waals surface area contributed by atoms with E-state index in [-0.39, 0.29) is 40.1 Å². The molecule has 1 aliphatic rings. The van der Waals surface area contributed by atoms with E-state index in [2.05, 4.69) is 0 Å². The molecule has 1 aromatic heterocycles. The van der Waals surface area contributed by atoms with Crippen molar-refractivity contribution in [2.45, 2.75) is 24.9 Å². The highest BCUT2D eigenvalue weighted by Crippen LogP contribution is 2.34. The summed E-state index contributed by atoms with van der Waals surface area (Å²) in [6, 6.07) is 16.3. The lowest BCUT2D eigenvalue weighted by molar-refractivity contribution is 0.0695. The summed E-state index contributed by atoms with van der Waals surface area (Å²) in [6.45, 7) is 2.05. The molecule has 0 saturated carbocycles. The number of nitrogens with zero attached hydrogens (tertiary/aromatic N) is 2. The first-order chi connectivity index (χ1) is 19.9. The molecule has 0 aliphatic carbocycles. The number of fused-ring (bicyclic) bond motifs is 2. The van der Waals surface area contributed by atoms with Gasteiger partial charge in [-0.25, -0.2) is 26.4 Å². The fourth-order valence-electron chi connectivity index (χ4n) is 5.15. The summed E-state index contributed by atoms with van der Waals surface area (Å²) in [5.41, 5.74) is 0.777. The largest absolute Gasteiger partial charge is 0.477 e. The van der Waals surface area contributed by atoms with Gasteiger partial charge in [-0.05, 0) is 66.1 Å². The molecule has 212 valence electrons. The molecule has 11 heteroatoms. The quantitative estimate of drug-likeness (QED) is 0.280. The van der Waals surface area contributed by atoms with E-state index in [1.807, 2.05) is 6.92 Å². The number of aromatic carboxylic acids is 1. The lowest BCUT2D eigenvalue weighted by Gasteiger charge is -2.16. The van der Waals surface area contributed by atoms with Gasteiger partial charge >= 0.3 is 5.97 Å². The van der Waals surface area contributed by atoms with Crippen LogP contribution < -0.4 is 5.43 Å². The van der Waals surface area contributed by atoms with E-state index in [4.69, 9.17) is 0 Å². The Morgan fingerprint density at radius 3 is 2.26 bits per heavy atom. The summed E-state index contributed by atoms with van der Waals surface area (Å²) in [6.07, 6.45) is 0.918. The number of halogens is 3. The number of sulfonamides is 1. The van der Waals surface area contributed by atoms with E-state index in [9.17, 15) is 31.9 Å². The first kappa shape index (κ1) is 27.4. The van der Waals surface area contributed by atoms with Gasteiger partial charge in [-0.15, -0.1) is 0 Å². The Kier molecular flexibility index (Phi) is 6.51. The Morgan fingerprint density at radius 1 is 0.857 bits per heavy atom. The molecular weight excluding hydrogens is 569 g/mol. The smallest absolute Gasteiger partial charge is 0.341 e. The predicted octanol–water partition coefficient (Wildman–Crippen LogP) is 5.79. The fourth-order valence-corrected chi connectivity index (χ4v) is 6.55. The van der Waals surface area contributed by atoms with Crippen molar-refractivity contribution >= 4 is 26.9 Å². The highest BCUT2D eigenvalue weighted by Gasteiger charge is 2.31. The first-order valence-corrected chi connectivity index (χ1v) is 14.1. The number of hydrogen-bond acceptors (Lipinski definition) is 4. The Balaban J connectivity index is 1.46. The molecule has 1 N–H and O–H groups in total. The van der Waals surface area contributed by atoms with Gasteiger partial charge < -0.3 is 9.67 Å². The van der Waals surface area contributed by atoms with Crippen molar-refractivity contribution in [1.29, 1.82) is 0 Å². The zero-order chi connectivity index (χ0) is 29.9. The molecule has 42 heavy (non-hydrogen) atoms. The third-order valence-corrected chi connectivity index (χ3v) is 9.17. The second kappa shape index (κ2) is 9.97. The number of aryl methyl sites for hydroxylation is 1. The minimum atomic E-state index is -3.79. The molecule has 0 amide bonds. The molecule has 5 aromatic rings. The molecule has 6 rings (SSSR count). The van der Waals surface area contributed by atoms with Crippen LogP contribution in [0, 0.1) is 24.4 Å². The van der Waals surface area contributed by atoms with Crippen molar-refractivity contribution < 1.29 is 31.5 Å². The molecule has 0 bridgehead atoms. The van der Waals surface area contributed by atoms with Gasteiger partial charge in [0.1, 0.15) is 23.0 Å². The second-order valence-corrected chi connectivity index (χ2v) is 12.0. The van der Waals surface area contributed by atoms with Crippen LogP contribution in [0.3, 0.4) is 0 Å². The molecule has 2 heterocycles. The second-order valence-electron chi connectivity index (χ2n) is 10.1. The Hall–Kier alpha value is -4.74. The van der Waals surface area contributed by atoms with E-state index in [1.54, 1.807) is 42.5 Å². The summed E-state index contributed by atoms with van der Waals surface area (Å²) >= 11 is 0. The maximum absolute atomic E-state index is 15.5.